The molecule has 132 valence electrons. The van der Waals surface area contributed by atoms with Crippen molar-refractivity contribution < 1.29 is 23.8 Å². The number of nitrogens with zero attached hydrogens (tertiary/aromatic N) is 1. The maximum Gasteiger partial charge on any atom is 0.260 e. The molecule has 1 heterocycles. The molecule has 7 nitrogen and oxygen atoms in total. The van der Waals surface area contributed by atoms with Crippen molar-refractivity contribution in [3.8, 4) is 5.75 Å². The van der Waals surface area contributed by atoms with Crippen LogP contribution in [0.3, 0.4) is 0 Å². The summed E-state index contributed by atoms with van der Waals surface area (Å²) in [5, 5.41) is 0. The summed E-state index contributed by atoms with van der Waals surface area (Å²) in [7, 11) is 1.49. The van der Waals surface area contributed by atoms with Gasteiger partial charge in [0.25, 0.3) is 5.91 Å². The van der Waals surface area contributed by atoms with E-state index in [1.165, 1.54) is 7.11 Å². The van der Waals surface area contributed by atoms with Gasteiger partial charge in [-0.1, -0.05) is 17.7 Å². The number of benzene rings is 1. The average Bonchev–Trinajstić information content (AvgIpc) is 2.77. The van der Waals surface area contributed by atoms with E-state index in [9.17, 15) is 9.59 Å². The van der Waals surface area contributed by atoms with E-state index in [0.29, 0.717) is 18.9 Å². The molecule has 2 rings (SSSR count). The Hall–Kier alpha value is -2.12. The van der Waals surface area contributed by atoms with Gasteiger partial charge >= 0.3 is 0 Å². The lowest BCUT2D eigenvalue weighted by Crippen LogP contribution is -2.50. The van der Waals surface area contributed by atoms with Crippen LogP contribution in [0.15, 0.2) is 24.3 Å². The molecule has 0 bridgehead atoms. The molecule has 1 aromatic rings. The van der Waals surface area contributed by atoms with Crippen molar-refractivity contribution >= 4 is 11.8 Å². The largest absolute Gasteiger partial charge is 0.484 e. The van der Waals surface area contributed by atoms with Gasteiger partial charge in [0.15, 0.2) is 6.61 Å². The molecule has 1 saturated heterocycles. The molecule has 0 spiro atoms. The van der Waals surface area contributed by atoms with Gasteiger partial charge < -0.3 is 24.8 Å². The summed E-state index contributed by atoms with van der Waals surface area (Å²) in [6.45, 7) is 3.15. The molecule has 0 unspecified atom stereocenters. The van der Waals surface area contributed by atoms with Crippen LogP contribution in [0.2, 0.25) is 0 Å². The summed E-state index contributed by atoms with van der Waals surface area (Å²) in [5.41, 5.74) is 5.51. The zero-order chi connectivity index (χ0) is 17.6. The fourth-order valence-electron chi connectivity index (χ4n) is 2.61. The van der Waals surface area contributed by atoms with Crippen LogP contribution in [-0.2, 0) is 19.1 Å². The molecule has 1 aromatic carbocycles. The highest BCUT2D eigenvalue weighted by Gasteiger charge is 2.38. The highest BCUT2D eigenvalue weighted by atomic mass is 16.5. The Morgan fingerprint density at radius 2 is 2.04 bits per heavy atom. The Kier molecular flexibility index (Phi) is 6.16. The fourth-order valence-corrected chi connectivity index (χ4v) is 2.61. The number of carbonyl (C=O) groups is 2. The second-order valence-electron chi connectivity index (χ2n) is 6.00. The van der Waals surface area contributed by atoms with E-state index in [4.69, 9.17) is 19.9 Å². The third-order valence-corrected chi connectivity index (χ3v) is 4.02. The molecule has 0 saturated carbocycles. The number of carbonyl (C=O) groups excluding carboxylic acids is 2. The van der Waals surface area contributed by atoms with Gasteiger partial charge in [0, 0.05) is 13.7 Å². The van der Waals surface area contributed by atoms with Crippen LogP contribution in [0, 0.1) is 6.92 Å². The molecule has 0 radical (unpaired) electrons. The first-order valence-electron chi connectivity index (χ1n) is 7.82. The molecule has 2 amide bonds. The van der Waals surface area contributed by atoms with Crippen molar-refractivity contribution in [3.05, 3.63) is 29.8 Å². The molecule has 0 aliphatic carbocycles. The number of primary amides is 1. The second-order valence-corrected chi connectivity index (χ2v) is 6.00. The van der Waals surface area contributed by atoms with E-state index >= 15 is 0 Å². The Bertz CT molecular complexity index is 575. The number of ether oxygens (including phenoxy) is 3. The van der Waals surface area contributed by atoms with Crippen LogP contribution in [0.25, 0.3) is 0 Å². The second kappa shape index (κ2) is 8.12. The predicted octanol–water partition coefficient (Wildman–Crippen LogP) is 0.493. The minimum atomic E-state index is -0.915. The number of hydrogen-bond acceptors (Lipinski definition) is 5. The van der Waals surface area contributed by atoms with Crippen molar-refractivity contribution in [1.29, 1.82) is 0 Å². The Morgan fingerprint density at radius 1 is 1.33 bits per heavy atom. The van der Waals surface area contributed by atoms with Crippen molar-refractivity contribution in [1.82, 2.24) is 4.90 Å². The van der Waals surface area contributed by atoms with Gasteiger partial charge in [-0.05, 0) is 19.1 Å². The standard InChI is InChI=1S/C17H24N2O5/c1-13-3-5-14(6-4-13)24-10-16(21)19-7-8-23-12-17(11-19,22-2)9-15(18)20/h3-6H,7-12H2,1-2H3,(H2,18,20)/t17-/m0/s1. The lowest BCUT2D eigenvalue weighted by Gasteiger charge is -2.33. The highest BCUT2D eigenvalue weighted by Crippen LogP contribution is 2.21. The number of aryl methyl sites for hydroxylation is 1. The van der Waals surface area contributed by atoms with Crippen LogP contribution in [-0.4, -0.2) is 62.3 Å². The van der Waals surface area contributed by atoms with Crippen molar-refractivity contribution in [2.24, 2.45) is 5.73 Å². The zero-order valence-electron chi connectivity index (χ0n) is 14.1. The molecule has 2 N–H and O–H groups in total. The summed E-state index contributed by atoms with van der Waals surface area (Å²) in [4.78, 5) is 25.4. The average molecular weight is 336 g/mol. The summed E-state index contributed by atoms with van der Waals surface area (Å²) >= 11 is 0. The van der Waals surface area contributed by atoms with E-state index in [-0.39, 0.29) is 32.1 Å². The number of rotatable bonds is 6. The summed E-state index contributed by atoms with van der Waals surface area (Å²) in [5.74, 6) is -0.0483. The van der Waals surface area contributed by atoms with E-state index in [2.05, 4.69) is 0 Å². The Labute approximate surface area is 141 Å². The van der Waals surface area contributed by atoms with E-state index in [1.807, 2.05) is 31.2 Å². The van der Waals surface area contributed by atoms with Crippen molar-refractivity contribution in [2.45, 2.75) is 18.9 Å². The van der Waals surface area contributed by atoms with E-state index in [1.54, 1.807) is 4.90 Å². The normalized spacial score (nSPS) is 21.2. The molecule has 7 heteroatoms. The van der Waals surface area contributed by atoms with Gasteiger partial charge in [0.2, 0.25) is 5.91 Å². The molecule has 1 fully saturated rings. The van der Waals surface area contributed by atoms with Gasteiger partial charge in [-0.3, -0.25) is 9.59 Å². The third kappa shape index (κ3) is 4.94. The van der Waals surface area contributed by atoms with E-state index < -0.39 is 11.5 Å². The maximum atomic E-state index is 12.5. The van der Waals surface area contributed by atoms with Gasteiger partial charge in [-0.25, -0.2) is 0 Å². The number of methoxy groups -OCH3 is 1. The van der Waals surface area contributed by atoms with Crippen molar-refractivity contribution in [2.75, 3.05) is 40.0 Å². The van der Waals surface area contributed by atoms with E-state index in [0.717, 1.165) is 5.56 Å². The van der Waals surface area contributed by atoms with Gasteiger partial charge in [0.1, 0.15) is 11.4 Å². The first-order chi connectivity index (χ1) is 11.4. The molecule has 1 atom stereocenters. The molecule has 1 aliphatic heterocycles. The molecular formula is C17H24N2O5. The monoisotopic (exact) mass is 336 g/mol. The number of amides is 2. The summed E-state index contributed by atoms with van der Waals surface area (Å²) < 4.78 is 16.5. The molecular weight excluding hydrogens is 312 g/mol. The molecule has 0 aromatic heterocycles. The minimum absolute atomic E-state index is 0.00784. The topological polar surface area (TPSA) is 91.1 Å². The highest BCUT2D eigenvalue weighted by molar-refractivity contribution is 5.78. The van der Waals surface area contributed by atoms with Gasteiger partial charge in [-0.2, -0.15) is 0 Å². The quantitative estimate of drug-likeness (QED) is 0.816. The SMILES string of the molecule is CO[C@]1(CC(N)=O)COCCN(C(=O)COc2ccc(C)cc2)C1. The van der Waals surface area contributed by atoms with Gasteiger partial charge in [-0.15, -0.1) is 0 Å². The Morgan fingerprint density at radius 3 is 2.67 bits per heavy atom. The van der Waals surface area contributed by atoms with Crippen LogP contribution in [0.1, 0.15) is 12.0 Å². The first kappa shape index (κ1) is 18.2. The lowest BCUT2D eigenvalue weighted by atomic mass is 9.99. The van der Waals surface area contributed by atoms with Crippen LogP contribution < -0.4 is 10.5 Å². The molecule has 1 aliphatic rings. The van der Waals surface area contributed by atoms with Crippen LogP contribution >= 0.6 is 0 Å². The van der Waals surface area contributed by atoms with Crippen LogP contribution in [0.4, 0.5) is 0 Å². The van der Waals surface area contributed by atoms with Crippen LogP contribution in [0.5, 0.6) is 5.75 Å². The maximum absolute atomic E-state index is 12.5. The number of hydrogen-bond donors (Lipinski definition) is 1. The first-order valence-corrected chi connectivity index (χ1v) is 7.82. The smallest absolute Gasteiger partial charge is 0.260 e. The Balaban J connectivity index is 1.98. The number of nitrogens with two attached hydrogens (primary N) is 1. The molecule has 24 heavy (non-hydrogen) atoms. The third-order valence-electron chi connectivity index (χ3n) is 4.02. The lowest BCUT2D eigenvalue weighted by molar-refractivity contribution is -0.140. The fraction of sp³-hybridized carbons (Fsp3) is 0.529. The summed E-state index contributed by atoms with van der Waals surface area (Å²) in [6, 6.07) is 7.48. The minimum Gasteiger partial charge on any atom is -0.484 e. The van der Waals surface area contributed by atoms with Gasteiger partial charge in [0.05, 0.1) is 26.2 Å². The predicted molar refractivity (Wildman–Crippen MR) is 87.6 cm³/mol. The zero-order valence-corrected chi connectivity index (χ0v) is 14.1. The summed E-state index contributed by atoms with van der Waals surface area (Å²) in [6.07, 6.45) is -0.00784. The van der Waals surface area contributed by atoms with Crippen molar-refractivity contribution in [3.63, 3.8) is 0 Å².